The number of carbonyl (C=O) groups excluding carboxylic acids is 2. The van der Waals surface area contributed by atoms with Crippen LogP contribution >= 0.6 is 0 Å². The Morgan fingerprint density at radius 1 is 1.09 bits per heavy atom. The Labute approximate surface area is 194 Å². The molecule has 7 heteroatoms. The monoisotopic (exact) mass is 448 g/mol. The fourth-order valence-corrected chi connectivity index (χ4v) is 4.31. The van der Waals surface area contributed by atoms with Crippen molar-refractivity contribution in [3.8, 4) is 5.75 Å². The molecule has 1 aromatic heterocycles. The Morgan fingerprint density at radius 2 is 1.82 bits per heavy atom. The van der Waals surface area contributed by atoms with Crippen LogP contribution in [0.15, 0.2) is 48.5 Å². The lowest BCUT2D eigenvalue weighted by atomic mass is 9.93. The zero-order chi connectivity index (χ0) is 23.4. The molecule has 0 aliphatic carbocycles. The number of fused-ring (bicyclic) bond motifs is 1. The topological polar surface area (TPSA) is 77.7 Å². The molecule has 3 aromatic rings. The molecule has 0 unspecified atom stereocenters. The number of likely N-dealkylation sites (tertiary alicyclic amines) is 1. The highest BCUT2D eigenvalue weighted by molar-refractivity contribution is 5.98. The van der Waals surface area contributed by atoms with E-state index in [0.29, 0.717) is 37.7 Å². The van der Waals surface area contributed by atoms with Gasteiger partial charge in [-0.05, 0) is 54.7 Å². The number of nitrogens with one attached hydrogen (secondary N) is 2. The van der Waals surface area contributed by atoms with Crippen LogP contribution < -0.4 is 15.0 Å². The van der Waals surface area contributed by atoms with Crippen LogP contribution in [0.4, 0.5) is 5.69 Å². The van der Waals surface area contributed by atoms with E-state index in [1.54, 1.807) is 7.11 Å². The molecule has 2 aromatic carbocycles. The molecule has 0 spiro atoms. The number of aromatic amines is 1. The predicted octanol–water partition coefficient (Wildman–Crippen LogP) is 3.80. The molecule has 1 saturated heterocycles. The SMILES string of the molecule is COc1ccc2cc(C(=O)N3CCC(CC(=O)NCc4ccc(N(C)C)cc4)CC3)[nH]c2c1. The van der Waals surface area contributed by atoms with Crippen molar-refractivity contribution in [2.24, 2.45) is 5.92 Å². The minimum absolute atomic E-state index is 0.00856. The molecule has 0 bridgehead atoms. The smallest absolute Gasteiger partial charge is 0.270 e. The maximum absolute atomic E-state index is 13.0. The molecule has 2 amide bonds. The summed E-state index contributed by atoms with van der Waals surface area (Å²) >= 11 is 0. The van der Waals surface area contributed by atoms with E-state index in [-0.39, 0.29) is 11.8 Å². The number of piperidine rings is 1. The van der Waals surface area contributed by atoms with Crippen molar-refractivity contribution in [3.63, 3.8) is 0 Å². The maximum atomic E-state index is 13.0. The second-order valence-electron chi connectivity index (χ2n) is 8.91. The van der Waals surface area contributed by atoms with Crippen LogP contribution in [-0.4, -0.2) is 56.0 Å². The van der Waals surface area contributed by atoms with Gasteiger partial charge in [0.05, 0.1) is 7.11 Å². The lowest BCUT2D eigenvalue weighted by Crippen LogP contribution is -2.39. The third-order valence-corrected chi connectivity index (χ3v) is 6.38. The molecular weight excluding hydrogens is 416 g/mol. The van der Waals surface area contributed by atoms with Crippen LogP contribution in [0.3, 0.4) is 0 Å². The summed E-state index contributed by atoms with van der Waals surface area (Å²) in [7, 11) is 5.64. The van der Waals surface area contributed by atoms with Gasteiger partial charge in [-0.3, -0.25) is 9.59 Å². The molecule has 33 heavy (non-hydrogen) atoms. The number of carbonyl (C=O) groups is 2. The fourth-order valence-electron chi connectivity index (χ4n) is 4.31. The van der Waals surface area contributed by atoms with E-state index in [2.05, 4.69) is 27.3 Å². The highest BCUT2D eigenvalue weighted by atomic mass is 16.5. The summed E-state index contributed by atoms with van der Waals surface area (Å²) in [6.45, 7) is 1.87. The first kappa shape index (κ1) is 22.7. The number of aromatic nitrogens is 1. The second kappa shape index (κ2) is 9.98. The number of methoxy groups -OCH3 is 1. The molecule has 7 nitrogen and oxygen atoms in total. The molecule has 2 N–H and O–H groups in total. The van der Waals surface area contributed by atoms with Crippen molar-refractivity contribution in [2.75, 3.05) is 39.2 Å². The zero-order valence-corrected chi connectivity index (χ0v) is 19.6. The first-order chi connectivity index (χ1) is 15.9. The van der Waals surface area contributed by atoms with Crippen LogP contribution in [0.25, 0.3) is 10.9 Å². The highest BCUT2D eigenvalue weighted by Gasteiger charge is 2.26. The van der Waals surface area contributed by atoms with Crippen molar-refractivity contribution < 1.29 is 14.3 Å². The Morgan fingerprint density at radius 3 is 2.48 bits per heavy atom. The number of hydrogen-bond donors (Lipinski definition) is 2. The van der Waals surface area contributed by atoms with Gasteiger partial charge in [0.25, 0.3) is 5.91 Å². The summed E-state index contributed by atoms with van der Waals surface area (Å²) in [6.07, 6.45) is 2.18. The van der Waals surface area contributed by atoms with Gasteiger partial charge in [0, 0.05) is 62.8 Å². The van der Waals surface area contributed by atoms with E-state index in [1.165, 1.54) is 0 Å². The van der Waals surface area contributed by atoms with Gasteiger partial charge in [0.1, 0.15) is 11.4 Å². The van der Waals surface area contributed by atoms with Crippen molar-refractivity contribution in [3.05, 3.63) is 59.8 Å². The molecule has 2 heterocycles. The summed E-state index contributed by atoms with van der Waals surface area (Å²) < 4.78 is 5.26. The Balaban J connectivity index is 1.24. The summed E-state index contributed by atoms with van der Waals surface area (Å²) in [5.41, 5.74) is 3.71. The summed E-state index contributed by atoms with van der Waals surface area (Å²) in [5.74, 6) is 1.14. The third kappa shape index (κ3) is 5.48. The fraction of sp³-hybridized carbons (Fsp3) is 0.385. The van der Waals surface area contributed by atoms with Gasteiger partial charge < -0.3 is 24.8 Å². The number of anilines is 1. The summed E-state index contributed by atoms with van der Waals surface area (Å²) in [6, 6.07) is 15.8. The second-order valence-corrected chi connectivity index (χ2v) is 8.91. The number of H-pyrrole nitrogens is 1. The molecule has 1 fully saturated rings. The maximum Gasteiger partial charge on any atom is 0.270 e. The van der Waals surface area contributed by atoms with Crippen LogP contribution in [0.5, 0.6) is 5.75 Å². The Hall–Kier alpha value is -3.48. The number of hydrogen-bond acceptors (Lipinski definition) is 4. The van der Waals surface area contributed by atoms with Crippen LogP contribution in [0.2, 0.25) is 0 Å². The average molecular weight is 449 g/mol. The lowest BCUT2D eigenvalue weighted by Gasteiger charge is -2.31. The molecule has 0 atom stereocenters. The van der Waals surface area contributed by atoms with Crippen molar-refractivity contribution in [1.82, 2.24) is 15.2 Å². The van der Waals surface area contributed by atoms with Gasteiger partial charge in [-0.1, -0.05) is 12.1 Å². The first-order valence-corrected chi connectivity index (χ1v) is 11.4. The zero-order valence-electron chi connectivity index (χ0n) is 19.6. The molecule has 1 aliphatic rings. The van der Waals surface area contributed by atoms with Crippen molar-refractivity contribution in [2.45, 2.75) is 25.8 Å². The molecule has 4 rings (SSSR count). The van der Waals surface area contributed by atoms with E-state index in [4.69, 9.17) is 4.74 Å². The van der Waals surface area contributed by atoms with E-state index >= 15 is 0 Å². The minimum atomic E-state index is 0.00856. The molecular formula is C26H32N4O3. The standard InChI is InChI=1S/C26H32N4O3/c1-29(2)21-7-4-19(5-8-21)17-27-25(31)14-18-10-12-30(13-11-18)26(32)24-15-20-6-9-22(33-3)16-23(20)28-24/h4-9,15-16,18,28H,10-14,17H2,1-3H3,(H,27,31). The molecule has 174 valence electrons. The van der Waals surface area contributed by atoms with Gasteiger partial charge in [-0.15, -0.1) is 0 Å². The highest BCUT2D eigenvalue weighted by Crippen LogP contribution is 2.25. The summed E-state index contributed by atoms with van der Waals surface area (Å²) in [4.78, 5) is 32.5. The largest absolute Gasteiger partial charge is 0.497 e. The Bertz CT molecular complexity index is 1110. The van der Waals surface area contributed by atoms with Gasteiger partial charge in [-0.25, -0.2) is 0 Å². The Kier molecular flexibility index (Phi) is 6.87. The predicted molar refractivity (Wildman–Crippen MR) is 131 cm³/mol. The molecule has 0 radical (unpaired) electrons. The number of ether oxygens (including phenoxy) is 1. The van der Waals surface area contributed by atoms with Crippen LogP contribution in [0.1, 0.15) is 35.3 Å². The third-order valence-electron chi connectivity index (χ3n) is 6.38. The molecule has 0 saturated carbocycles. The number of nitrogens with zero attached hydrogens (tertiary/aromatic N) is 2. The lowest BCUT2D eigenvalue weighted by molar-refractivity contribution is -0.122. The van der Waals surface area contributed by atoms with Crippen molar-refractivity contribution >= 4 is 28.4 Å². The van der Waals surface area contributed by atoms with Gasteiger partial charge in [0.2, 0.25) is 5.91 Å². The van der Waals surface area contributed by atoms with E-state index < -0.39 is 0 Å². The van der Waals surface area contributed by atoms with Gasteiger partial charge in [-0.2, -0.15) is 0 Å². The first-order valence-electron chi connectivity index (χ1n) is 11.4. The number of rotatable bonds is 7. The average Bonchev–Trinajstić information content (AvgIpc) is 3.26. The van der Waals surface area contributed by atoms with Crippen LogP contribution in [-0.2, 0) is 11.3 Å². The van der Waals surface area contributed by atoms with E-state index in [1.807, 2.05) is 55.4 Å². The normalized spacial score (nSPS) is 14.3. The number of benzene rings is 2. The van der Waals surface area contributed by atoms with Gasteiger partial charge >= 0.3 is 0 Å². The minimum Gasteiger partial charge on any atom is -0.497 e. The number of amides is 2. The molecule has 1 aliphatic heterocycles. The van der Waals surface area contributed by atoms with E-state index in [0.717, 1.165) is 40.7 Å². The van der Waals surface area contributed by atoms with Crippen LogP contribution in [0, 0.1) is 5.92 Å². The summed E-state index contributed by atoms with van der Waals surface area (Å²) in [5, 5.41) is 4.02. The van der Waals surface area contributed by atoms with Gasteiger partial charge in [0.15, 0.2) is 0 Å². The van der Waals surface area contributed by atoms with E-state index in [9.17, 15) is 9.59 Å². The quantitative estimate of drug-likeness (QED) is 0.576. The van der Waals surface area contributed by atoms with Crippen molar-refractivity contribution in [1.29, 1.82) is 0 Å².